The van der Waals surface area contributed by atoms with Crippen molar-refractivity contribution in [3.05, 3.63) is 0 Å². The molecule has 2 unspecified atom stereocenters. The summed E-state index contributed by atoms with van der Waals surface area (Å²) >= 11 is 0. The molecule has 1 rings (SSSR count). The van der Waals surface area contributed by atoms with Crippen molar-refractivity contribution in [1.29, 1.82) is 0 Å². The standard InChI is InChI=1S/C11H21O6P/c1-4-14-18(15-5-2)7-6-9-16-8(3)10(17-9)11(12)13/h8-10H,4-7H2,1-3H3,(H,12,13)/t8?,9?,10-/m0/s1. The van der Waals surface area contributed by atoms with E-state index >= 15 is 0 Å². The van der Waals surface area contributed by atoms with Gasteiger partial charge in [-0.15, -0.1) is 0 Å². The number of ether oxygens (including phenoxy) is 2. The normalized spacial score (nSPS) is 27.9. The Kier molecular flexibility index (Phi) is 7.04. The summed E-state index contributed by atoms with van der Waals surface area (Å²) in [6, 6.07) is 0. The van der Waals surface area contributed by atoms with Crippen molar-refractivity contribution in [3.8, 4) is 0 Å². The van der Waals surface area contributed by atoms with Crippen LogP contribution in [0, 0.1) is 0 Å². The summed E-state index contributed by atoms with van der Waals surface area (Å²) < 4.78 is 21.7. The van der Waals surface area contributed by atoms with E-state index in [4.69, 9.17) is 23.6 Å². The molecule has 1 N–H and O–H groups in total. The van der Waals surface area contributed by atoms with E-state index in [0.29, 0.717) is 25.8 Å². The minimum Gasteiger partial charge on any atom is -0.479 e. The highest BCUT2D eigenvalue weighted by Crippen LogP contribution is 2.39. The van der Waals surface area contributed by atoms with Crippen LogP contribution in [0.2, 0.25) is 0 Å². The molecule has 18 heavy (non-hydrogen) atoms. The molecular weight excluding hydrogens is 259 g/mol. The van der Waals surface area contributed by atoms with Gasteiger partial charge in [0.05, 0.1) is 19.3 Å². The van der Waals surface area contributed by atoms with Crippen molar-refractivity contribution < 1.29 is 28.4 Å². The zero-order valence-electron chi connectivity index (χ0n) is 11.0. The quantitative estimate of drug-likeness (QED) is 0.685. The first-order valence-electron chi connectivity index (χ1n) is 6.15. The topological polar surface area (TPSA) is 74.2 Å². The Morgan fingerprint density at radius 1 is 1.28 bits per heavy atom. The van der Waals surface area contributed by atoms with Gasteiger partial charge in [0.15, 0.2) is 20.8 Å². The van der Waals surface area contributed by atoms with Crippen LogP contribution in [0.3, 0.4) is 0 Å². The third-order valence-electron chi connectivity index (χ3n) is 2.43. The van der Waals surface area contributed by atoms with Gasteiger partial charge in [-0.3, -0.25) is 0 Å². The van der Waals surface area contributed by atoms with Crippen LogP contribution >= 0.6 is 8.38 Å². The second-order valence-corrected chi connectivity index (χ2v) is 5.48. The molecule has 1 saturated heterocycles. The lowest BCUT2D eigenvalue weighted by Crippen LogP contribution is -2.28. The Hall–Kier alpha value is -0.260. The van der Waals surface area contributed by atoms with E-state index in [-0.39, 0.29) is 0 Å². The van der Waals surface area contributed by atoms with Crippen LogP contribution in [0.5, 0.6) is 0 Å². The van der Waals surface area contributed by atoms with E-state index in [9.17, 15) is 4.79 Å². The maximum Gasteiger partial charge on any atom is 0.335 e. The van der Waals surface area contributed by atoms with Crippen LogP contribution in [0.4, 0.5) is 0 Å². The first kappa shape index (κ1) is 15.8. The molecule has 0 aromatic rings. The van der Waals surface area contributed by atoms with Gasteiger partial charge in [-0.25, -0.2) is 4.79 Å². The van der Waals surface area contributed by atoms with Gasteiger partial charge in [-0.05, 0) is 20.8 Å². The maximum absolute atomic E-state index is 10.9. The number of rotatable bonds is 8. The second-order valence-electron chi connectivity index (χ2n) is 3.85. The molecule has 6 nitrogen and oxygen atoms in total. The predicted octanol–water partition coefficient (Wildman–Crippen LogP) is 1.98. The molecule has 1 aliphatic heterocycles. The lowest BCUT2D eigenvalue weighted by atomic mass is 10.2. The summed E-state index contributed by atoms with van der Waals surface area (Å²) in [5.41, 5.74) is 0. The molecular formula is C11H21O6P. The fourth-order valence-electron chi connectivity index (χ4n) is 1.68. The molecule has 3 atom stereocenters. The van der Waals surface area contributed by atoms with E-state index in [1.807, 2.05) is 13.8 Å². The SMILES string of the molecule is CCOP(CCC1OC(C)[C@@H](C(=O)O)O1)OCC. The number of carboxylic acids is 1. The summed E-state index contributed by atoms with van der Waals surface area (Å²) in [5, 5.41) is 8.90. The summed E-state index contributed by atoms with van der Waals surface area (Å²) in [6.45, 7) is 6.74. The van der Waals surface area contributed by atoms with E-state index in [1.165, 1.54) is 0 Å². The molecule has 0 spiro atoms. The lowest BCUT2D eigenvalue weighted by Gasteiger charge is -2.17. The molecule has 1 fully saturated rings. The highest BCUT2D eigenvalue weighted by molar-refractivity contribution is 7.47. The van der Waals surface area contributed by atoms with E-state index in [1.54, 1.807) is 6.92 Å². The molecule has 0 bridgehead atoms. The van der Waals surface area contributed by atoms with Crippen LogP contribution in [0.1, 0.15) is 27.2 Å². The molecule has 1 heterocycles. The van der Waals surface area contributed by atoms with Gasteiger partial charge >= 0.3 is 5.97 Å². The van der Waals surface area contributed by atoms with Crippen molar-refractivity contribution in [1.82, 2.24) is 0 Å². The number of hydrogen-bond acceptors (Lipinski definition) is 5. The summed E-state index contributed by atoms with van der Waals surface area (Å²) in [7, 11) is -0.928. The van der Waals surface area contributed by atoms with Crippen LogP contribution in [0.25, 0.3) is 0 Å². The molecule has 7 heteroatoms. The second kappa shape index (κ2) is 8.02. The summed E-state index contributed by atoms with van der Waals surface area (Å²) in [5.74, 6) is -0.984. The van der Waals surface area contributed by atoms with E-state index in [0.717, 1.165) is 0 Å². The first-order chi connectivity index (χ1) is 8.58. The monoisotopic (exact) mass is 280 g/mol. The predicted molar refractivity (Wildman–Crippen MR) is 66.5 cm³/mol. The summed E-state index contributed by atoms with van der Waals surface area (Å²) in [4.78, 5) is 10.9. The number of hydrogen-bond donors (Lipinski definition) is 1. The lowest BCUT2D eigenvalue weighted by molar-refractivity contribution is -0.150. The molecule has 1 aliphatic rings. The van der Waals surface area contributed by atoms with Gasteiger partial charge in [0.1, 0.15) is 0 Å². The van der Waals surface area contributed by atoms with Gasteiger partial charge in [-0.1, -0.05) is 0 Å². The Labute approximate surface area is 108 Å². The molecule has 0 aromatic carbocycles. The molecule has 0 aliphatic carbocycles. The zero-order valence-corrected chi connectivity index (χ0v) is 11.9. The van der Waals surface area contributed by atoms with E-state index < -0.39 is 32.8 Å². The van der Waals surface area contributed by atoms with Crippen molar-refractivity contribution in [2.45, 2.75) is 45.7 Å². The van der Waals surface area contributed by atoms with Gasteiger partial charge in [0, 0.05) is 12.6 Å². The highest BCUT2D eigenvalue weighted by atomic mass is 31.2. The van der Waals surface area contributed by atoms with Crippen LogP contribution in [-0.4, -0.2) is 48.9 Å². The molecule has 0 aromatic heterocycles. The van der Waals surface area contributed by atoms with Crippen LogP contribution in [-0.2, 0) is 23.3 Å². The molecule has 0 radical (unpaired) electrons. The average molecular weight is 280 g/mol. The largest absolute Gasteiger partial charge is 0.479 e. The smallest absolute Gasteiger partial charge is 0.335 e. The number of aliphatic carboxylic acids is 1. The van der Waals surface area contributed by atoms with Crippen LogP contribution in [0.15, 0.2) is 0 Å². The number of carboxylic acid groups (broad SMARTS) is 1. The fraction of sp³-hybridized carbons (Fsp3) is 0.909. The van der Waals surface area contributed by atoms with Gasteiger partial charge in [-0.2, -0.15) is 0 Å². The average Bonchev–Trinajstić information content (AvgIpc) is 2.68. The Bertz CT molecular complexity index is 256. The Balaban J connectivity index is 2.33. The van der Waals surface area contributed by atoms with Gasteiger partial charge < -0.3 is 23.6 Å². The van der Waals surface area contributed by atoms with Gasteiger partial charge in [0.2, 0.25) is 0 Å². The Morgan fingerprint density at radius 3 is 2.33 bits per heavy atom. The van der Waals surface area contributed by atoms with Crippen LogP contribution < -0.4 is 0 Å². The zero-order chi connectivity index (χ0) is 13.5. The first-order valence-corrected chi connectivity index (χ1v) is 7.51. The maximum atomic E-state index is 10.9. The summed E-state index contributed by atoms with van der Waals surface area (Å²) in [6.07, 6.45) is -0.508. The number of carbonyl (C=O) groups is 1. The highest BCUT2D eigenvalue weighted by Gasteiger charge is 2.38. The molecule has 106 valence electrons. The minimum absolute atomic E-state index is 0.419. The van der Waals surface area contributed by atoms with Crippen molar-refractivity contribution >= 4 is 14.3 Å². The van der Waals surface area contributed by atoms with Crippen molar-refractivity contribution in [2.24, 2.45) is 0 Å². The minimum atomic E-state index is -0.984. The fourth-order valence-corrected chi connectivity index (χ4v) is 3.01. The Morgan fingerprint density at radius 2 is 1.89 bits per heavy atom. The third-order valence-corrected chi connectivity index (χ3v) is 4.14. The van der Waals surface area contributed by atoms with Gasteiger partial charge in [0.25, 0.3) is 0 Å². The van der Waals surface area contributed by atoms with Crippen molar-refractivity contribution in [3.63, 3.8) is 0 Å². The van der Waals surface area contributed by atoms with E-state index in [2.05, 4.69) is 0 Å². The molecule has 0 saturated carbocycles. The molecule has 0 amide bonds. The van der Waals surface area contributed by atoms with Crippen molar-refractivity contribution in [2.75, 3.05) is 19.4 Å². The third kappa shape index (κ3) is 4.78.